The van der Waals surface area contributed by atoms with Crippen LogP contribution in [0.4, 0.5) is 10.1 Å². The Labute approximate surface area is 98.0 Å². The largest absolute Gasteiger partial charge is 0.467 e. The van der Waals surface area contributed by atoms with Gasteiger partial charge in [0.05, 0.1) is 12.3 Å². The van der Waals surface area contributed by atoms with Crippen molar-refractivity contribution in [2.75, 3.05) is 5.32 Å². The zero-order valence-electron chi connectivity index (χ0n) is 8.71. The summed E-state index contributed by atoms with van der Waals surface area (Å²) in [6.45, 7) is 1.93. The van der Waals surface area contributed by atoms with Gasteiger partial charge in [-0.2, -0.15) is 0 Å². The highest BCUT2D eigenvalue weighted by Gasteiger charge is 2.08. The molecule has 1 aromatic heterocycles. The first kappa shape index (κ1) is 11.0. The maximum atomic E-state index is 13.1. The quantitative estimate of drug-likeness (QED) is 0.867. The molecule has 0 spiro atoms. The SMILES string of the molecule is CC(Nc1cc(F)cc(Cl)c1)c1ccco1. The molecule has 84 valence electrons. The number of nitrogens with one attached hydrogen (secondary N) is 1. The van der Waals surface area contributed by atoms with Crippen molar-refractivity contribution in [1.29, 1.82) is 0 Å². The summed E-state index contributed by atoms with van der Waals surface area (Å²) >= 11 is 5.76. The molecular formula is C12H11ClFNO. The molecule has 1 atom stereocenters. The van der Waals surface area contributed by atoms with Crippen LogP contribution in [0.15, 0.2) is 41.0 Å². The van der Waals surface area contributed by atoms with Gasteiger partial charge in [-0.3, -0.25) is 0 Å². The van der Waals surface area contributed by atoms with E-state index in [4.69, 9.17) is 16.0 Å². The first-order valence-electron chi connectivity index (χ1n) is 4.91. The fraction of sp³-hybridized carbons (Fsp3) is 0.167. The predicted octanol–water partition coefficient (Wildman–Crippen LogP) is 4.25. The normalized spacial score (nSPS) is 12.4. The second-order valence-corrected chi connectivity index (χ2v) is 3.98. The maximum absolute atomic E-state index is 13.1. The smallest absolute Gasteiger partial charge is 0.126 e. The Morgan fingerprint density at radius 3 is 2.81 bits per heavy atom. The minimum absolute atomic E-state index is 0.0344. The average molecular weight is 240 g/mol. The third-order valence-electron chi connectivity index (χ3n) is 2.22. The molecule has 2 aromatic rings. The molecule has 1 aromatic carbocycles. The van der Waals surface area contributed by atoms with E-state index in [2.05, 4.69) is 5.32 Å². The van der Waals surface area contributed by atoms with Gasteiger partial charge in [0.2, 0.25) is 0 Å². The van der Waals surface area contributed by atoms with Gasteiger partial charge in [-0.15, -0.1) is 0 Å². The molecule has 4 heteroatoms. The summed E-state index contributed by atoms with van der Waals surface area (Å²) in [5.41, 5.74) is 0.633. The minimum Gasteiger partial charge on any atom is -0.467 e. The molecule has 0 bridgehead atoms. The lowest BCUT2D eigenvalue weighted by molar-refractivity contribution is 0.490. The molecule has 0 aliphatic carbocycles. The molecule has 0 fully saturated rings. The highest BCUT2D eigenvalue weighted by molar-refractivity contribution is 6.30. The van der Waals surface area contributed by atoms with E-state index >= 15 is 0 Å². The van der Waals surface area contributed by atoms with Gasteiger partial charge in [0.15, 0.2) is 0 Å². The number of furan rings is 1. The number of hydrogen-bond donors (Lipinski definition) is 1. The Hall–Kier alpha value is -1.48. The molecule has 0 amide bonds. The van der Waals surface area contributed by atoms with Crippen molar-refractivity contribution in [3.8, 4) is 0 Å². The lowest BCUT2D eigenvalue weighted by atomic mass is 10.2. The van der Waals surface area contributed by atoms with Gasteiger partial charge in [-0.1, -0.05) is 11.6 Å². The summed E-state index contributed by atoms with van der Waals surface area (Å²) in [6, 6.07) is 7.97. The molecule has 16 heavy (non-hydrogen) atoms. The number of benzene rings is 1. The Morgan fingerprint density at radius 1 is 1.38 bits per heavy atom. The minimum atomic E-state index is -0.360. The van der Waals surface area contributed by atoms with Gasteiger partial charge >= 0.3 is 0 Å². The van der Waals surface area contributed by atoms with E-state index in [-0.39, 0.29) is 11.9 Å². The number of anilines is 1. The molecule has 2 nitrogen and oxygen atoms in total. The topological polar surface area (TPSA) is 25.2 Å². The molecule has 1 N–H and O–H groups in total. The van der Waals surface area contributed by atoms with Crippen LogP contribution in [0.25, 0.3) is 0 Å². The standard InChI is InChI=1S/C12H11ClFNO/c1-8(12-3-2-4-16-12)15-11-6-9(13)5-10(14)7-11/h2-8,15H,1H3. The van der Waals surface area contributed by atoms with Crippen molar-refractivity contribution in [3.63, 3.8) is 0 Å². The summed E-state index contributed by atoms with van der Waals surface area (Å²) in [5.74, 6) is 0.432. The zero-order valence-corrected chi connectivity index (χ0v) is 9.46. The molecule has 0 aliphatic rings. The van der Waals surface area contributed by atoms with Crippen LogP contribution in [0.3, 0.4) is 0 Å². The van der Waals surface area contributed by atoms with Crippen molar-refractivity contribution in [3.05, 3.63) is 53.2 Å². The van der Waals surface area contributed by atoms with Crippen LogP contribution < -0.4 is 5.32 Å². The maximum Gasteiger partial charge on any atom is 0.126 e. The van der Waals surface area contributed by atoms with Crippen molar-refractivity contribution < 1.29 is 8.81 Å². The zero-order chi connectivity index (χ0) is 11.5. The fourth-order valence-corrected chi connectivity index (χ4v) is 1.72. The Balaban J connectivity index is 2.15. The molecule has 0 radical (unpaired) electrons. The predicted molar refractivity (Wildman–Crippen MR) is 62.2 cm³/mol. The Kier molecular flexibility index (Phi) is 3.15. The second kappa shape index (κ2) is 4.58. The van der Waals surface area contributed by atoms with Crippen LogP contribution in [-0.4, -0.2) is 0 Å². The van der Waals surface area contributed by atoms with Gasteiger partial charge in [-0.25, -0.2) is 4.39 Å². The second-order valence-electron chi connectivity index (χ2n) is 3.54. The van der Waals surface area contributed by atoms with E-state index in [9.17, 15) is 4.39 Å². The average Bonchev–Trinajstić information content (AvgIpc) is 2.68. The third-order valence-corrected chi connectivity index (χ3v) is 2.43. The van der Waals surface area contributed by atoms with E-state index < -0.39 is 0 Å². The van der Waals surface area contributed by atoms with Crippen LogP contribution in [0.2, 0.25) is 5.02 Å². The van der Waals surface area contributed by atoms with Crippen molar-refractivity contribution >= 4 is 17.3 Å². The van der Waals surface area contributed by atoms with Crippen LogP contribution in [0.1, 0.15) is 18.7 Å². The Morgan fingerprint density at radius 2 is 2.19 bits per heavy atom. The molecule has 0 saturated heterocycles. The van der Waals surface area contributed by atoms with Gasteiger partial charge in [-0.05, 0) is 37.3 Å². The number of rotatable bonds is 3. The lowest BCUT2D eigenvalue weighted by Gasteiger charge is -2.13. The first-order chi connectivity index (χ1) is 7.65. The fourth-order valence-electron chi connectivity index (χ4n) is 1.50. The van der Waals surface area contributed by atoms with Crippen LogP contribution >= 0.6 is 11.6 Å². The highest BCUT2D eigenvalue weighted by atomic mass is 35.5. The summed E-state index contributed by atoms with van der Waals surface area (Å²) in [6.07, 6.45) is 1.60. The lowest BCUT2D eigenvalue weighted by Crippen LogP contribution is -2.05. The molecule has 1 unspecified atom stereocenters. The third kappa shape index (κ3) is 2.55. The molecule has 1 heterocycles. The number of hydrogen-bond acceptors (Lipinski definition) is 2. The van der Waals surface area contributed by atoms with E-state index in [0.29, 0.717) is 10.7 Å². The summed E-state index contributed by atoms with van der Waals surface area (Å²) in [7, 11) is 0. The Bertz CT molecular complexity index is 450. The van der Waals surface area contributed by atoms with Crippen LogP contribution in [0, 0.1) is 5.82 Å². The monoisotopic (exact) mass is 239 g/mol. The first-order valence-corrected chi connectivity index (χ1v) is 5.29. The molecule has 2 rings (SSSR count). The van der Waals surface area contributed by atoms with Gasteiger partial charge < -0.3 is 9.73 Å². The summed E-state index contributed by atoms with van der Waals surface area (Å²) < 4.78 is 18.3. The van der Waals surface area contributed by atoms with Crippen LogP contribution in [-0.2, 0) is 0 Å². The summed E-state index contributed by atoms with van der Waals surface area (Å²) in [5, 5.41) is 3.48. The van der Waals surface area contributed by atoms with E-state index in [0.717, 1.165) is 5.76 Å². The molecular weight excluding hydrogens is 229 g/mol. The summed E-state index contributed by atoms with van der Waals surface area (Å²) in [4.78, 5) is 0. The number of halogens is 2. The van der Waals surface area contributed by atoms with Gasteiger partial charge in [0, 0.05) is 10.7 Å². The van der Waals surface area contributed by atoms with Crippen molar-refractivity contribution in [2.24, 2.45) is 0 Å². The van der Waals surface area contributed by atoms with Gasteiger partial charge in [0.1, 0.15) is 11.6 Å². The molecule has 0 aliphatic heterocycles. The van der Waals surface area contributed by atoms with Crippen molar-refractivity contribution in [1.82, 2.24) is 0 Å². The molecule has 0 saturated carbocycles. The van der Waals surface area contributed by atoms with Crippen LogP contribution in [0.5, 0.6) is 0 Å². The van der Waals surface area contributed by atoms with E-state index in [1.807, 2.05) is 19.1 Å². The highest BCUT2D eigenvalue weighted by Crippen LogP contribution is 2.23. The van der Waals surface area contributed by atoms with Crippen molar-refractivity contribution in [2.45, 2.75) is 13.0 Å². The van der Waals surface area contributed by atoms with E-state index in [1.165, 1.54) is 12.1 Å². The van der Waals surface area contributed by atoms with E-state index in [1.54, 1.807) is 12.3 Å². The van der Waals surface area contributed by atoms with Gasteiger partial charge in [0.25, 0.3) is 0 Å².